The van der Waals surface area contributed by atoms with Gasteiger partial charge < -0.3 is 14.6 Å². The van der Waals surface area contributed by atoms with E-state index in [1.807, 2.05) is 31.2 Å². The molecule has 0 bridgehead atoms. The Bertz CT molecular complexity index is 1010. The third-order valence-electron chi connectivity index (χ3n) is 5.29. The third kappa shape index (κ3) is 4.62. The second kappa shape index (κ2) is 9.42. The summed E-state index contributed by atoms with van der Waals surface area (Å²) < 4.78 is 7.14. The Morgan fingerprint density at radius 2 is 1.97 bits per heavy atom. The number of aryl methyl sites for hydroxylation is 2. The number of imidazole rings is 1. The molecule has 0 radical (unpaired) electrons. The maximum Gasteiger partial charge on any atom is 0.243 e. The number of hydrogen-bond donors (Lipinski definition) is 1. The van der Waals surface area contributed by atoms with Crippen LogP contribution in [-0.4, -0.2) is 35.7 Å². The highest BCUT2D eigenvalue weighted by molar-refractivity contribution is 6.31. The first-order chi connectivity index (χ1) is 14.0. The van der Waals surface area contributed by atoms with Gasteiger partial charge >= 0.3 is 0 Å². The SMILES string of the molecule is CC[C@H](C(=O)NCCOC)n1c(Cc2ccccc2Cl)nc2cc(C)c(C)cc21. The molecule has 29 heavy (non-hydrogen) atoms. The maximum absolute atomic E-state index is 13.0. The van der Waals surface area contributed by atoms with Crippen LogP contribution in [-0.2, 0) is 16.0 Å². The minimum atomic E-state index is -0.351. The van der Waals surface area contributed by atoms with Crippen LogP contribution < -0.4 is 5.32 Å². The van der Waals surface area contributed by atoms with E-state index in [2.05, 4.69) is 35.9 Å². The normalized spacial score (nSPS) is 12.3. The number of rotatable bonds is 8. The number of halogens is 1. The van der Waals surface area contributed by atoms with Gasteiger partial charge in [0.25, 0.3) is 0 Å². The van der Waals surface area contributed by atoms with E-state index < -0.39 is 0 Å². The quantitative estimate of drug-likeness (QED) is 0.548. The second-order valence-corrected chi connectivity index (χ2v) is 7.71. The molecule has 0 aliphatic carbocycles. The lowest BCUT2D eigenvalue weighted by Crippen LogP contribution is -2.35. The number of nitrogens with one attached hydrogen (secondary N) is 1. The lowest BCUT2D eigenvalue weighted by molar-refractivity contribution is -0.124. The van der Waals surface area contributed by atoms with Crippen molar-refractivity contribution in [3.8, 4) is 0 Å². The summed E-state index contributed by atoms with van der Waals surface area (Å²) in [6, 6.07) is 11.6. The maximum atomic E-state index is 13.0. The Morgan fingerprint density at radius 1 is 1.24 bits per heavy atom. The van der Waals surface area contributed by atoms with Gasteiger partial charge in [-0.1, -0.05) is 36.7 Å². The number of methoxy groups -OCH3 is 1. The molecule has 0 saturated heterocycles. The summed E-state index contributed by atoms with van der Waals surface area (Å²) in [5.74, 6) is 0.814. The lowest BCUT2D eigenvalue weighted by Gasteiger charge is -2.20. The molecule has 0 fully saturated rings. The smallest absolute Gasteiger partial charge is 0.243 e. The number of amides is 1. The molecule has 6 heteroatoms. The van der Waals surface area contributed by atoms with Crippen molar-refractivity contribution in [1.82, 2.24) is 14.9 Å². The van der Waals surface area contributed by atoms with Crippen molar-refractivity contribution in [2.75, 3.05) is 20.3 Å². The van der Waals surface area contributed by atoms with Gasteiger partial charge in [0.15, 0.2) is 0 Å². The molecular weight excluding hydrogens is 386 g/mol. The zero-order valence-electron chi connectivity index (χ0n) is 17.5. The van der Waals surface area contributed by atoms with E-state index in [1.54, 1.807) is 7.11 Å². The summed E-state index contributed by atoms with van der Waals surface area (Å²) in [6.45, 7) is 7.15. The topological polar surface area (TPSA) is 56.1 Å². The first kappa shape index (κ1) is 21.3. The molecule has 2 aromatic carbocycles. The highest BCUT2D eigenvalue weighted by Gasteiger charge is 2.24. The molecule has 0 unspecified atom stereocenters. The Hall–Kier alpha value is -2.37. The summed E-state index contributed by atoms with van der Waals surface area (Å²) in [4.78, 5) is 17.9. The van der Waals surface area contributed by atoms with Crippen LogP contribution in [0.4, 0.5) is 0 Å². The van der Waals surface area contributed by atoms with Gasteiger partial charge in [-0.05, 0) is 55.2 Å². The second-order valence-electron chi connectivity index (χ2n) is 7.30. The van der Waals surface area contributed by atoms with Crippen molar-refractivity contribution in [3.05, 3.63) is 63.9 Å². The van der Waals surface area contributed by atoms with E-state index in [-0.39, 0.29) is 11.9 Å². The fourth-order valence-electron chi connectivity index (χ4n) is 3.56. The molecule has 5 nitrogen and oxygen atoms in total. The monoisotopic (exact) mass is 413 g/mol. The van der Waals surface area contributed by atoms with Crippen LogP contribution in [0.3, 0.4) is 0 Å². The molecule has 3 rings (SSSR count). The van der Waals surface area contributed by atoms with E-state index in [0.717, 1.165) is 22.4 Å². The number of benzene rings is 2. The number of aromatic nitrogens is 2. The summed E-state index contributed by atoms with van der Waals surface area (Å²) in [7, 11) is 1.62. The fraction of sp³-hybridized carbons (Fsp3) is 0.391. The Labute approximate surface area is 177 Å². The minimum Gasteiger partial charge on any atom is -0.383 e. The van der Waals surface area contributed by atoms with E-state index >= 15 is 0 Å². The van der Waals surface area contributed by atoms with Gasteiger partial charge in [-0.15, -0.1) is 0 Å². The van der Waals surface area contributed by atoms with Crippen molar-refractivity contribution < 1.29 is 9.53 Å². The Balaban J connectivity index is 2.09. The predicted molar refractivity (Wildman–Crippen MR) is 118 cm³/mol. The minimum absolute atomic E-state index is 0.0255. The van der Waals surface area contributed by atoms with Gasteiger partial charge in [0, 0.05) is 25.1 Å². The van der Waals surface area contributed by atoms with E-state index in [9.17, 15) is 4.79 Å². The van der Waals surface area contributed by atoms with Crippen LogP contribution in [0, 0.1) is 13.8 Å². The standard InChI is InChI=1S/C23H28ClN3O2/c1-5-20(23(28)25-10-11-29-4)27-21-13-16(3)15(2)12-19(21)26-22(27)14-17-8-6-7-9-18(17)24/h6-9,12-13,20H,5,10-11,14H2,1-4H3,(H,25,28)/t20-/m1/s1. The summed E-state index contributed by atoms with van der Waals surface area (Å²) in [5, 5.41) is 3.68. The Morgan fingerprint density at radius 3 is 2.66 bits per heavy atom. The highest BCUT2D eigenvalue weighted by Crippen LogP contribution is 2.29. The molecule has 1 aromatic heterocycles. The molecule has 1 atom stereocenters. The van der Waals surface area contributed by atoms with Gasteiger partial charge in [-0.3, -0.25) is 4.79 Å². The molecule has 1 heterocycles. The van der Waals surface area contributed by atoms with Gasteiger partial charge in [-0.25, -0.2) is 4.98 Å². The molecule has 154 valence electrons. The molecule has 0 aliphatic heterocycles. The number of fused-ring (bicyclic) bond motifs is 1. The molecule has 0 saturated carbocycles. The van der Waals surface area contributed by atoms with E-state index in [1.165, 1.54) is 11.1 Å². The molecule has 1 amide bonds. The van der Waals surface area contributed by atoms with Crippen LogP contribution in [0.15, 0.2) is 36.4 Å². The molecule has 0 spiro atoms. The first-order valence-corrected chi connectivity index (χ1v) is 10.3. The fourth-order valence-corrected chi connectivity index (χ4v) is 3.77. The average molecular weight is 414 g/mol. The summed E-state index contributed by atoms with van der Waals surface area (Å²) in [5.41, 5.74) is 5.23. The zero-order valence-corrected chi connectivity index (χ0v) is 18.2. The van der Waals surface area contributed by atoms with Crippen LogP contribution in [0.1, 0.15) is 41.9 Å². The number of nitrogens with zero attached hydrogens (tertiary/aromatic N) is 2. The molecule has 0 aliphatic rings. The van der Waals surface area contributed by atoms with E-state index in [4.69, 9.17) is 21.3 Å². The summed E-state index contributed by atoms with van der Waals surface area (Å²) >= 11 is 6.41. The highest BCUT2D eigenvalue weighted by atomic mass is 35.5. The molecule has 1 N–H and O–H groups in total. The van der Waals surface area contributed by atoms with Crippen molar-refractivity contribution in [3.63, 3.8) is 0 Å². The number of carbonyl (C=O) groups excluding carboxylic acids is 1. The molecule has 3 aromatic rings. The van der Waals surface area contributed by atoms with Crippen LogP contribution in [0.5, 0.6) is 0 Å². The Kier molecular flexibility index (Phi) is 6.93. The van der Waals surface area contributed by atoms with Crippen LogP contribution in [0.2, 0.25) is 5.02 Å². The van der Waals surface area contributed by atoms with Crippen molar-refractivity contribution in [2.45, 2.75) is 39.7 Å². The predicted octanol–water partition coefficient (Wildman–Crippen LogP) is 4.61. The van der Waals surface area contributed by atoms with Crippen molar-refractivity contribution in [2.24, 2.45) is 0 Å². The van der Waals surface area contributed by atoms with Gasteiger partial charge in [0.1, 0.15) is 11.9 Å². The summed E-state index contributed by atoms with van der Waals surface area (Å²) in [6.07, 6.45) is 1.22. The van der Waals surface area contributed by atoms with Gasteiger partial charge in [0.2, 0.25) is 5.91 Å². The van der Waals surface area contributed by atoms with E-state index in [0.29, 0.717) is 31.0 Å². The first-order valence-electron chi connectivity index (χ1n) is 9.94. The number of carbonyl (C=O) groups is 1. The lowest BCUT2D eigenvalue weighted by atomic mass is 10.1. The van der Waals surface area contributed by atoms with Crippen LogP contribution >= 0.6 is 11.6 Å². The molecular formula is C23H28ClN3O2. The van der Waals surface area contributed by atoms with Gasteiger partial charge in [-0.2, -0.15) is 0 Å². The zero-order chi connectivity index (χ0) is 21.0. The number of hydrogen-bond acceptors (Lipinski definition) is 3. The van der Waals surface area contributed by atoms with Gasteiger partial charge in [0.05, 0.1) is 17.6 Å². The third-order valence-corrected chi connectivity index (χ3v) is 5.66. The van der Waals surface area contributed by atoms with Crippen molar-refractivity contribution in [1.29, 1.82) is 0 Å². The largest absolute Gasteiger partial charge is 0.383 e. The van der Waals surface area contributed by atoms with Crippen molar-refractivity contribution >= 4 is 28.5 Å². The number of ether oxygens (including phenoxy) is 1. The average Bonchev–Trinajstić information content (AvgIpc) is 3.02. The van der Waals surface area contributed by atoms with Crippen LogP contribution in [0.25, 0.3) is 11.0 Å².